The topological polar surface area (TPSA) is 40.5 Å². The highest BCUT2D eigenvalue weighted by molar-refractivity contribution is 4.62. The van der Waals surface area contributed by atoms with Gasteiger partial charge >= 0.3 is 0 Å². The van der Waals surface area contributed by atoms with E-state index in [0.717, 1.165) is 0 Å². The normalized spacial score (nSPS) is 10.4. The molecule has 0 saturated heterocycles. The molecule has 0 rings (SSSR count). The smallest absolute Gasteiger partial charge is 0.0586 e. The summed E-state index contributed by atoms with van der Waals surface area (Å²) in [6.45, 7) is 10.1. The van der Waals surface area contributed by atoms with Gasteiger partial charge in [-0.05, 0) is 18.8 Å². The SMILES string of the molecule is CC(C)C(O)C(C)C.CCO. The molecular formula is C9H22O2. The van der Waals surface area contributed by atoms with Crippen LogP contribution in [0.5, 0.6) is 0 Å². The maximum Gasteiger partial charge on any atom is 0.0586 e. The molecule has 0 heterocycles. The van der Waals surface area contributed by atoms with Crippen LogP contribution in [0.1, 0.15) is 34.6 Å². The Morgan fingerprint density at radius 1 is 1.00 bits per heavy atom. The van der Waals surface area contributed by atoms with Crippen LogP contribution in [0, 0.1) is 11.8 Å². The van der Waals surface area contributed by atoms with Crippen LogP contribution in [0.25, 0.3) is 0 Å². The number of aliphatic hydroxyl groups excluding tert-OH is 2. The first kappa shape index (κ1) is 13.5. The zero-order valence-corrected chi connectivity index (χ0v) is 8.33. The molecule has 2 heteroatoms. The van der Waals surface area contributed by atoms with Crippen LogP contribution in [0.3, 0.4) is 0 Å². The van der Waals surface area contributed by atoms with Crippen LogP contribution in [-0.2, 0) is 0 Å². The summed E-state index contributed by atoms with van der Waals surface area (Å²) >= 11 is 0. The van der Waals surface area contributed by atoms with E-state index in [1.807, 2.05) is 27.7 Å². The molecule has 0 aliphatic rings. The molecule has 0 aromatic heterocycles. The minimum atomic E-state index is -0.130. The third kappa shape index (κ3) is 9.92. The van der Waals surface area contributed by atoms with Crippen molar-refractivity contribution in [3.05, 3.63) is 0 Å². The first-order valence-corrected chi connectivity index (χ1v) is 4.26. The fourth-order valence-electron chi connectivity index (χ4n) is 0.770. The Morgan fingerprint density at radius 2 is 1.18 bits per heavy atom. The average Bonchev–Trinajstić information content (AvgIpc) is 1.87. The zero-order chi connectivity index (χ0) is 9.44. The van der Waals surface area contributed by atoms with Crippen molar-refractivity contribution in [2.24, 2.45) is 11.8 Å². The van der Waals surface area contributed by atoms with Crippen molar-refractivity contribution in [1.82, 2.24) is 0 Å². The highest BCUT2D eigenvalue weighted by atomic mass is 16.3. The quantitative estimate of drug-likeness (QED) is 0.648. The first-order chi connectivity index (χ1) is 4.97. The van der Waals surface area contributed by atoms with Crippen LogP contribution in [0.2, 0.25) is 0 Å². The van der Waals surface area contributed by atoms with Gasteiger partial charge in [0.2, 0.25) is 0 Å². The summed E-state index contributed by atoms with van der Waals surface area (Å²) < 4.78 is 0. The van der Waals surface area contributed by atoms with Crippen molar-refractivity contribution in [2.75, 3.05) is 6.61 Å². The van der Waals surface area contributed by atoms with Crippen molar-refractivity contribution < 1.29 is 10.2 Å². The predicted octanol–water partition coefficient (Wildman–Crippen LogP) is 1.66. The van der Waals surface area contributed by atoms with Crippen molar-refractivity contribution in [1.29, 1.82) is 0 Å². The highest BCUT2D eigenvalue weighted by Crippen LogP contribution is 2.10. The lowest BCUT2D eigenvalue weighted by atomic mass is 9.97. The summed E-state index contributed by atoms with van der Waals surface area (Å²) in [6, 6.07) is 0. The number of rotatable bonds is 2. The summed E-state index contributed by atoms with van der Waals surface area (Å²) in [6.07, 6.45) is -0.130. The third-order valence-corrected chi connectivity index (χ3v) is 1.37. The van der Waals surface area contributed by atoms with E-state index >= 15 is 0 Å². The fourth-order valence-corrected chi connectivity index (χ4v) is 0.770. The molecule has 0 aromatic carbocycles. The Labute approximate surface area is 70.3 Å². The van der Waals surface area contributed by atoms with Crippen LogP contribution in [0.4, 0.5) is 0 Å². The van der Waals surface area contributed by atoms with Gasteiger partial charge in [-0.15, -0.1) is 0 Å². The second-order valence-electron chi connectivity index (χ2n) is 3.29. The van der Waals surface area contributed by atoms with Gasteiger partial charge < -0.3 is 10.2 Å². The van der Waals surface area contributed by atoms with Crippen LogP contribution < -0.4 is 0 Å². The fraction of sp³-hybridized carbons (Fsp3) is 1.00. The van der Waals surface area contributed by atoms with E-state index in [1.165, 1.54) is 0 Å². The minimum absolute atomic E-state index is 0.130. The van der Waals surface area contributed by atoms with Crippen molar-refractivity contribution in [3.8, 4) is 0 Å². The van der Waals surface area contributed by atoms with Gasteiger partial charge in [0.05, 0.1) is 6.10 Å². The molecular weight excluding hydrogens is 140 g/mol. The van der Waals surface area contributed by atoms with E-state index < -0.39 is 0 Å². The lowest BCUT2D eigenvalue weighted by Crippen LogP contribution is -2.20. The van der Waals surface area contributed by atoms with Crippen molar-refractivity contribution >= 4 is 0 Å². The Bertz CT molecular complexity index is 62.0. The molecule has 0 amide bonds. The molecule has 0 saturated carbocycles. The van der Waals surface area contributed by atoms with E-state index in [-0.39, 0.29) is 12.7 Å². The van der Waals surface area contributed by atoms with Gasteiger partial charge in [0.25, 0.3) is 0 Å². The molecule has 0 aliphatic carbocycles. The Kier molecular flexibility index (Phi) is 9.85. The second kappa shape index (κ2) is 8.02. The average molecular weight is 162 g/mol. The maximum absolute atomic E-state index is 9.20. The molecule has 0 radical (unpaired) electrons. The lowest BCUT2D eigenvalue weighted by molar-refractivity contribution is 0.0801. The third-order valence-electron chi connectivity index (χ3n) is 1.37. The van der Waals surface area contributed by atoms with E-state index in [1.54, 1.807) is 6.92 Å². The Balaban J connectivity index is 0. The molecule has 0 fully saturated rings. The van der Waals surface area contributed by atoms with Crippen LogP contribution >= 0.6 is 0 Å². The van der Waals surface area contributed by atoms with Crippen LogP contribution in [0.15, 0.2) is 0 Å². The Hall–Kier alpha value is -0.0800. The summed E-state index contributed by atoms with van der Waals surface area (Å²) in [5.41, 5.74) is 0. The van der Waals surface area contributed by atoms with E-state index in [2.05, 4.69) is 0 Å². The number of hydrogen-bond acceptors (Lipinski definition) is 2. The summed E-state index contributed by atoms with van der Waals surface area (Å²) in [4.78, 5) is 0. The molecule has 70 valence electrons. The minimum Gasteiger partial charge on any atom is -0.397 e. The number of hydrogen-bond donors (Lipinski definition) is 2. The van der Waals surface area contributed by atoms with E-state index in [4.69, 9.17) is 5.11 Å². The molecule has 0 bridgehead atoms. The molecule has 0 atom stereocenters. The predicted molar refractivity (Wildman–Crippen MR) is 48.4 cm³/mol. The van der Waals surface area contributed by atoms with E-state index in [0.29, 0.717) is 11.8 Å². The molecule has 0 unspecified atom stereocenters. The van der Waals surface area contributed by atoms with Gasteiger partial charge in [0.1, 0.15) is 0 Å². The highest BCUT2D eigenvalue weighted by Gasteiger charge is 2.11. The van der Waals surface area contributed by atoms with Gasteiger partial charge in [-0.2, -0.15) is 0 Å². The maximum atomic E-state index is 9.20. The zero-order valence-electron chi connectivity index (χ0n) is 8.33. The standard InChI is InChI=1S/C7H16O.C2H6O/c1-5(2)7(8)6(3)4;1-2-3/h5-8H,1-4H3;3H,2H2,1H3. The van der Waals surface area contributed by atoms with Crippen molar-refractivity contribution in [2.45, 2.75) is 40.7 Å². The second-order valence-corrected chi connectivity index (χ2v) is 3.29. The van der Waals surface area contributed by atoms with Crippen molar-refractivity contribution in [3.63, 3.8) is 0 Å². The Morgan fingerprint density at radius 3 is 1.18 bits per heavy atom. The molecule has 2 nitrogen and oxygen atoms in total. The van der Waals surface area contributed by atoms with Gasteiger partial charge in [-0.25, -0.2) is 0 Å². The van der Waals surface area contributed by atoms with E-state index in [9.17, 15) is 5.11 Å². The lowest BCUT2D eigenvalue weighted by Gasteiger charge is -2.17. The first-order valence-electron chi connectivity index (χ1n) is 4.26. The van der Waals surface area contributed by atoms with Gasteiger partial charge in [0, 0.05) is 6.61 Å². The summed E-state index contributed by atoms with van der Waals surface area (Å²) in [5, 5.41) is 16.8. The number of aliphatic hydroxyl groups is 2. The molecule has 0 spiro atoms. The van der Waals surface area contributed by atoms with Gasteiger partial charge in [-0.3, -0.25) is 0 Å². The molecule has 0 aliphatic heterocycles. The molecule has 2 N–H and O–H groups in total. The largest absolute Gasteiger partial charge is 0.397 e. The monoisotopic (exact) mass is 162 g/mol. The molecule has 11 heavy (non-hydrogen) atoms. The van der Waals surface area contributed by atoms with Gasteiger partial charge in [-0.1, -0.05) is 27.7 Å². The van der Waals surface area contributed by atoms with Gasteiger partial charge in [0.15, 0.2) is 0 Å². The molecule has 0 aromatic rings. The summed E-state index contributed by atoms with van der Waals surface area (Å²) in [5.74, 6) is 0.796. The van der Waals surface area contributed by atoms with Crippen LogP contribution in [-0.4, -0.2) is 22.9 Å². The summed E-state index contributed by atoms with van der Waals surface area (Å²) in [7, 11) is 0.